The van der Waals surface area contributed by atoms with Crippen LogP contribution in [0.2, 0.25) is 18.1 Å². The van der Waals surface area contributed by atoms with Gasteiger partial charge < -0.3 is 19.7 Å². The lowest BCUT2D eigenvalue weighted by molar-refractivity contribution is -0.138. The molecule has 0 aliphatic heterocycles. The molecule has 1 rings (SSSR count). The van der Waals surface area contributed by atoms with Crippen LogP contribution in [0.1, 0.15) is 47.0 Å². The van der Waals surface area contributed by atoms with Crippen molar-refractivity contribution in [1.82, 2.24) is 10.2 Å². The second kappa shape index (κ2) is 8.34. The number of carbonyl (C=O) groups excluding carboxylic acids is 1. The summed E-state index contributed by atoms with van der Waals surface area (Å²) in [5.41, 5.74) is 0. The van der Waals surface area contributed by atoms with Crippen LogP contribution in [0.5, 0.6) is 0 Å². The quantitative estimate of drug-likeness (QED) is 0.620. The van der Waals surface area contributed by atoms with Crippen molar-refractivity contribution >= 4 is 20.3 Å². The lowest BCUT2D eigenvalue weighted by atomic mass is 10.2. The van der Waals surface area contributed by atoms with E-state index in [2.05, 4.69) is 39.2 Å². The van der Waals surface area contributed by atoms with Crippen LogP contribution in [-0.2, 0) is 9.22 Å². The van der Waals surface area contributed by atoms with E-state index >= 15 is 0 Å². The number of nitrogens with zero attached hydrogens (tertiary/aromatic N) is 1. The minimum absolute atomic E-state index is 0.131. The van der Waals surface area contributed by atoms with Crippen molar-refractivity contribution in [2.45, 2.75) is 71.1 Å². The van der Waals surface area contributed by atoms with Gasteiger partial charge in [-0.2, -0.15) is 0 Å². The molecule has 2 amide bonds. The smallest absolute Gasteiger partial charge is 0.325 e. The fourth-order valence-electron chi connectivity index (χ4n) is 2.03. The van der Waals surface area contributed by atoms with Crippen molar-refractivity contribution in [2.75, 3.05) is 19.7 Å². The molecule has 0 bridgehead atoms. The largest absolute Gasteiger partial charge is 0.480 e. The fourth-order valence-corrected chi connectivity index (χ4v) is 3.06. The van der Waals surface area contributed by atoms with Gasteiger partial charge >= 0.3 is 12.0 Å². The van der Waals surface area contributed by atoms with E-state index < -0.39 is 20.3 Å². The number of rotatable bonds is 9. The summed E-state index contributed by atoms with van der Waals surface area (Å²) in [4.78, 5) is 25.0. The molecule has 2 N–H and O–H groups in total. The van der Waals surface area contributed by atoms with E-state index in [-0.39, 0.29) is 11.1 Å². The van der Waals surface area contributed by atoms with Gasteiger partial charge in [0.1, 0.15) is 6.04 Å². The van der Waals surface area contributed by atoms with E-state index in [0.29, 0.717) is 19.7 Å². The number of carbonyl (C=O) groups is 2. The van der Waals surface area contributed by atoms with Crippen LogP contribution >= 0.6 is 0 Å². The van der Waals surface area contributed by atoms with E-state index in [4.69, 9.17) is 9.53 Å². The van der Waals surface area contributed by atoms with Crippen LogP contribution in [0.25, 0.3) is 0 Å². The third kappa shape index (κ3) is 6.81. The minimum atomic E-state index is -1.84. The van der Waals surface area contributed by atoms with Gasteiger partial charge in [-0.1, -0.05) is 33.6 Å². The zero-order valence-corrected chi connectivity index (χ0v) is 17.0. The molecule has 1 saturated carbocycles. The van der Waals surface area contributed by atoms with Gasteiger partial charge in [-0.15, -0.1) is 0 Å². The van der Waals surface area contributed by atoms with E-state index in [1.807, 2.05) is 0 Å². The molecule has 1 aliphatic carbocycles. The molecule has 1 aliphatic rings. The van der Waals surface area contributed by atoms with E-state index in [1.165, 1.54) is 19.8 Å². The summed E-state index contributed by atoms with van der Waals surface area (Å²) in [5, 5.41) is 11.6. The van der Waals surface area contributed by atoms with Crippen molar-refractivity contribution < 1.29 is 19.1 Å². The first-order chi connectivity index (χ1) is 10.9. The summed E-state index contributed by atoms with van der Waals surface area (Å²) in [5.74, 6) is -0.304. The van der Waals surface area contributed by atoms with Crippen LogP contribution in [0.4, 0.5) is 4.79 Å². The van der Waals surface area contributed by atoms with E-state index in [1.54, 1.807) is 4.90 Å². The van der Waals surface area contributed by atoms with Crippen LogP contribution in [0.3, 0.4) is 0 Å². The summed E-state index contributed by atoms with van der Waals surface area (Å²) >= 11 is 0. The number of nitrogens with one attached hydrogen (secondary N) is 1. The van der Waals surface area contributed by atoms with E-state index in [0.717, 1.165) is 12.3 Å². The Morgan fingerprint density at radius 1 is 1.29 bits per heavy atom. The summed E-state index contributed by atoms with van der Waals surface area (Å²) in [6.07, 6.45) is 3.46. The first-order valence-electron chi connectivity index (χ1n) is 8.86. The number of amides is 2. The number of aliphatic carboxylic acids is 1. The molecule has 1 atom stereocenters. The highest BCUT2D eigenvalue weighted by molar-refractivity contribution is 6.74. The zero-order valence-electron chi connectivity index (χ0n) is 16.0. The maximum absolute atomic E-state index is 12.4. The number of carboxylic acids is 1. The zero-order chi connectivity index (χ0) is 18.5. The average Bonchev–Trinajstić information content (AvgIpc) is 3.24. The topological polar surface area (TPSA) is 78.9 Å². The summed E-state index contributed by atoms with van der Waals surface area (Å²) < 4.78 is 6.15. The molecule has 0 heterocycles. The molecule has 1 fully saturated rings. The van der Waals surface area contributed by atoms with Gasteiger partial charge in [-0.05, 0) is 37.4 Å². The molecule has 0 aromatic rings. The van der Waals surface area contributed by atoms with Gasteiger partial charge in [0.2, 0.25) is 0 Å². The van der Waals surface area contributed by atoms with Gasteiger partial charge in [-0.3, -0.25) is 4.79 Å². The molecule has 0 radical (unpaired) electrons. The van der Waals surface area contributed by atoms with Crippen molar-refractivity contribution in [2.24, 2.45) is 5.92 Å². The molecular formula is C17H34N2O4Si. The number of hydrogen-bond donors (Lipinski definition) is 2. The molecule has 24 heavy (non-hydrogen) atoms. The second-order valence-electron chi connectivity index (χ2n) is 8.34. The highest BCUT2D eigenvalue weighted by Crippen LogP contribution is 2.36. The van der Waals surface area contributed by atoms with Gasteiger partial charge in [0.25, 0.3) is 0 Å². The predicted octanol–water partition coefficient (Wildman–Crippen LogP) is 3.29. The van der Waals surface area contributed by atoms with Crippen LogP contribution < -0.4 is 5.32 Å². The lowest BCUT2D eigenvalue weighted by Crippen LogP contribution is -2.49. The Labute approximate surface area is 147 Å². The Kier molecular flexibility index (Phi) is 7.28. The monoisotopic (exact) mass is 358 g/mol. The van der Waals surface area contributed by atoms with Crippen molar-refractivity contribution in [3.63, 3.8) is 0 Å². The number of hydrogen-bond acceptors (Lipinski definition) is 3. The van der Waals surface area contributed by atoms with E-state index in [9.17, 15) is 9.59 Å². The average molecular weight is 359 g/mol. The predicted molar refractivity (Wildman–Crippen MR) is 97.7 cm³/mol. The first-order valence-corrected chi connectivity index (χ1v) is 11.8. The van der Waals surface area contributed by atoms with Crippen molar-refractivity contribution in [3.05, 3.63) is 0 Å². The Morgan fingerprint density at radius 2 is 1.88 bits per heavy atom. The Morgan fingerprint density at radius 3 is 2.33 bits per heavy atom. The standard InChI is InChI=1S/C17H34N2O4Si/c1-13(15(20)21)18-16(22)19(10-9-14-7-8-14)11-12-23-24(5,6)17(2,3)4/h13-14H,7-12H2,1-6H3,(H,18,22)(H,20,21)/t13-/m0/s1. The minimum Gasteiger partial charge on any atom is -0.480 e. The Balaban J connectivity index is 2.54. The normalized spacial score (nSPS) is 16.6. The first kappa shape index (κ1) is 21.0. The summed E-state index contributed by atoms with van der Waals surface area (Å²) in [6.45, 7) is 14.1. The molecular weight excluding hydrogens is 324 g/mol. The van der Waals surface area contributed by atoms with Crippen LogP contribution in [-0.4, -0.2) is 56.1 Å². The third-order valence-electron chi connectivity index (χ3n) is 5.13. The van der Waals surface area contributed by atoms with Crippen molar-refractivity contribution in [1.29, 1.82) is 0 Å². The summed E-state index contributed by atoms with van der Waals surface area (Å²) in [6, 6.07) is -1.20. The number of carboxylic acid groups (broad SMARTS) is 1. The highest BCUT2D eigenvalue weighted by atomic mass is 28.4. The van der Waals surface area contributed by atoms with Gasteiger partial charge in [0.15, 0.2) is 8.32 Å². The molecule has 0 aromatic carbocycles. The maximum Gasteiger partial charge on any atom is 0.325 e. The van der Waals surface area contributed by atoms with Crippen LogP contribution in [0.15, 0.2) is 0 Å². The molecule has 6 nitrogen and oxygen atoms in total. The Hall–Kier alpha value is -1.08. The second-order valence-corrected chi connectivity index (χ2v) is 13.1. The number of urea groups is 1. The lowest BCUT2D eigenvalue weighted by Gasteiger charge is -2.37. The Bertz CT molecular complexity index is 444. The third-order valence-corrected chi connectivity index (χ3v) is 9.67. The molecule has 7 heteroatoms. The maximum atomic E-state index is 12.4. The molecule has 0 unspecified atom stereocenters. The molecule has 0 aromatic heterocycles. The van der Waals surface area contributed by atoms with Crippen LogP contribution in [0, 0.1) is 5.92 Å². The highest BCUT2D eigenvalue weighted by Gasteiger charge is 2.37. The molecule has 0 saturated heterocycles. The fraction of sp³-hybridized carbons (Fsp3) is 0.882. The SMILES string of the molecule is C[C@H](NC(=O)N(CCO[Si](C)(C)C(C)(C)C)CCC1CC1)C(=O)O. The van der Waals surface area contributed by atoms with Gasteiger partial charge in [-0.25, -0.2) is 4.79 Å². The molecule has 0 spiro atoms. The molecule has 140 valence electrons. The van der Waals surface area contributed by atoms with Gasteiger partial charge in [0, 0.05) is 13.1 Å². The van der Waals surface area contributed by atoms with Crippen molar-refractivity contribution in [3.8, 4) is 0 Å². The van der Waals surface area contributed by atoms with Gasteiger partial charge in [0.05, 0.1) is 6.61 Å². The summed E-state index contributed by atoms with van der Waals surface area (Å²) in [7, 11) is -1.84.